The number of benzene rings is 2. The number of carbonyl (C=O) groups excluding carboxylic acids is 3. The van der Waals surface area contributed by atoms with Gasteiger partial charge in [0.1, 0.15) is 5.82 Å². The van der Waals surface area contributed by atoms with Crippen molar-refractivity contribution in [3.63, 3.8) is 0 Å². The monoisotopic (exact) mass is 435 g/mol. The largest absolute Gasteiger partial charge is 0.348 e. The molecule has 2 aromatic carbocycles. The molecule has 2 amide bonds. The van der Waals surface area contributed by atoms with Crippen LogP contribution in [0.1, 0.15) is 31.8 Å². The SMILES string of the molecule is O=C1Nc2ccc(C(=O)NCc3cccnc3)cc2C(=O)/C1=C/c1ccc(F)c(Cl)c1. The molecule has 0 fully saturated rings. The molecule has 1 aliphatic heterocycles. The number of anilines is 1. The number of halogens is 2. The third-order valence-corrected chi connectivity index (χ3v) is 4.98. The lowest BCUT2D eigenvalue weighted by Gasteiger charge is -2.19. The van der Waals surface area contributed by atoms with Gasteiger partial charge in [-0.3, -0.25) is 19.4 Å². The van der Waals surface area contributed by atoms with Crippen molar-refractivity contribution in [3.05, 3.63) is 99.6 Å². The zero-order valence-corrected chi connectivity index (χ0v) is 16.7. The van der Waals surface area contributed by atoms with Gasteiger partial charge in [-0.25, -0.2) is 4.39 Å². The maximum atomic E-state index is 13.4. The number of nitrogens with zero attached hydrogens (tertiary/aromatic N) is 1. The van der Waals surface area contributed by atoms with E-state index in [-0.39, 0.29) is 34.2 Å². The molecular formula is C23H15ClFN3O3. The van der Waals surface area contributed by atoms with Gasteiger partial charge in [0, 0.05) is 30.1 Å². The Hall–Kier alpha value is -3.84. The highest BCUT2D eigenvalue weighted by Crippen LogP contribution is 2.28. The maximum Gasteiger partial charge on any atom is 0.259 e. The van der Waals surface area contributed by atoms with Gasteiger partial charge in [-0.15, -0.1) is 0 Å². The predicted molar refractivity (Wildman–Crippen MR) is 114 cm³/mol. The molecule has 1 aromatic heterocycles. The lowest BCUT2D eigenvalue weighted by atomic mass is 9.93. The Morgan fingerprint density at radius 1 is 1.16 bits per heavy atom. The average Bonchev–Trinajstić information content (AvgIpc) is 2.78. The fourth-order valence-corrected chi connectivity index (χ4v) is 3.30. The van der Waals surface area contributed by atoms with E-state index in [2.05, 4.69) is 15.6 Å². The molecule has 154 valence electrons. The van der Waals surface area contributed by atoms with Crippen LogP contribution >= 0.6 is 11.6 Å². The van der Waals surface area contributed by atoms with Crippen LogP contribution in [0.4, 0.5) is 10.1 Å². The minimum atomic E-state index is -0.601. The van der Waals surface area contributed by atoms with Gasteiger partial charge in [0.05, 0.1) is 16.3 Å². The van der Waals surface area contributed by atoms with Crippen molar-refractivity contribution < 1.29 is 18.8 Å². The van der Waals surface area contributed by atoms with Crippen molar-refractivity contribution in [2.24, 2.45) is 0 Å². The first-order valence-electron chi connectivity index (χ1n) is 9.26. The van der Waals surface area contributed by atoms with Crippen molar-refractivity contribution in [2.75, 3.05) is 5.32 Å². The number of carbonyl (C=O) groups is 3. The molecule has 0 atom stereocenters. The molecule has 0 radical (unpaired) electrons. The highest BCUT2D eigenvalue weighted by molar-refractivity contribution is 6.36. The second kappa shape index (κ2) is 8.49. The summed E-state index contributed by atoms with van der Waals surface area (Å²) in [7, 11) is 0. The molecule has 0 aliphatic carbocycles. The molecule has 0 saturated carbocycles. The number of amides is 2. The van der Waals surface area contributed by atoms with Crippen LogP contribution in [0.5, 0.6) is 0 Å². The van der Waals surface area contributed by atoms with Gasteiger partial charge in [0.15, 0.2) is 0 Å². The van der Waals surface area contributed by atoms with Gasteiger partial charge < -0.3 is 10.6 Å². The summed E-state index contributed by atoms with van der Waals surface area (Å²) in [6, 6.07) is 11.9. The quantitative estimate of drug-likeness (QED) is 0.478. The molecular weight excluding hydrogens is 421 g/mol. The van der Waals surface area contributed by atoms with Crippen molar-refractivity contribution in [1.82, 2.24) is 10.3 Å². The smallest absolute Gasteiger partial charge is 0.259 e. The first-order chi connectivity index (χ1) is 14.9. The number of nitrogens with one attached hydrogen (secondary N) is 2. The molecule has 0 unspecified atom stereocenters. The fraction of sp³-hybridized carbons (Fsp3) is 0.0435. The highest BCUT2D eigenvalue weighted by atomic mass is 35.5. The topological polar surface area (TPSA) is 88.2 Å². The van der Waals surface area contributed by atoms with Crippen LogP contribution < -0.4 is 10.6 Å². The van der Waals surface area contributed by atoms with Crippen LogP contribution in [-0.4, -0.2) is 22.6 Å². The van der Waals surface area contributed by atoms with Crippen LogP contribution in [0.25, 0.3) is 6.08 Å². The number of hydrogen-bond acceptors (Lipinski definition) is 4. The van der Waals surface area contributed by atoms with E-state index in [4.69, 9.17) is 11.6 Å². The summed E-state index contributed by atoms with van der Waals surface area (Å²) in [6.45, 7) is 0.283. The molecule has 6 nitrogen and oxygen atoms in total. The van der Waals surface area contributed by atoms with Gasteiger partial charge in [-0.2, -0.15) is 0 Å². The number of rotatable bonds is 4. The molecule has 0 spiro atoms. The third kappa shape index (κ3) is 4.36. The van der Waals surface area contributed by atoms with E-state index in [1.165, 1.54) is 36.4 Å². The lowest BCUT2D eigenvalue weighted by Crippen LogP contribution is -2.28. The summed E-state index contributed by atoms with van der Waals surface area (Å²) >= 11 is 5.78. The second-order valence-corrected chi connectivity index (χ2v) is 7.23. The molecule has 1 aliphatic rings. The summed E-state index contributed by atoms with van der Waals surface area (Å²) in [5.41, 5.74) is 1.87. The first-order valence-corrected chi connectivity index (χ1v) is 9.64. The van der Waals surface area contributed by atoms with E-state index < -0.39 is 17.5 Å². The summed E-state index contributed by atoms with van der Waals surface area (Å²) < 4.78 is 13.4. The third-order valence-electron chi connectivity index (χ3n) is 4.69. The van der Waals surface area contributed by atoms with Crippen molar-refractivity contribution >= 4 is 41.0 Å². The molecule has 3 aromatic rings. The molecule has 0 saturated heterocycles. The zero-order valence-electron chi connectivity index (χ0n) is 16.0. The minimum Gasteiger partial charge on any atom is -0.348 e. The van der Waals surface area contributed by atoms with Crippen molar-refractivity contribution in [1.29, 1.82) is 0 Å². The number of pyridine rings is 1. The van der Waals surface area contributed by atoms with E-state index in [0.717, 1.165) is 11.6 Å². The summed E-state index contributed by atoms with van der Waals surface area (Å²) in [4.78, 5) is 41.9. The van der Waals surface area contributed by atoms with Crippen molar-refractivity contribution in [3.8, 4) is 0 Å². The lowest BCUT2D eigenvalue weighted by molar-refractivity contribution is -0.112. The van der Waals surface area contributed by atoms with E-state index in [9.17, 15) is 18.8 Å². The Kier molecular flexibility index (Phi) is 5.60. The van der Waals surface area contributed by atoms with Gasteiger partial charge in [-0.05, 0) is 53.6 Å². The predicted octanol–water partition coefficient (Wildman–Crippen LogP) is 4.02. The van der Waals surface area contributed by atoms with E-state index in [1.807, 2.05) is 6.07 Å². The normalized spacial score (nSPS) is 14.2. The number of hydrogen-bond donors (Lipinski definition) is 2. The van der Waals surface area contributed by atoms with Gasteiger partial charge in [0.25, 0.3) is 11.8 Å². The van der Waals surface area contributed by atoms with Gasteiger partial charge >= 0.3 is 0 Å². The Labute approximate surface area is 181 Å². The standard InChI is InChI=1S/C23H15ClFN3O3/c24-18-9-13(3-5-19(18)25)8-17-21(29)16-10-15(4-6-20(16)28-23(17)31)22(30)27-12-14-2-1-7-26-11-14/h1-11H,12H2,(H,27,30)(H,28,31)/b17-8-. The molecule has 2 N–H and O–H groups in total. The number of aromatic nitrogens is 1. The molecule has 8 heteroatoms. The fourth-order valence-electron chi connectivity index (χ4n) is 3.11. The van der Waals surface area contributed by atoms with Crippen LogP contribution in [0, 0.1) is 5.82 Å². The molecule has 31 heavy (non-hydrogen) atoms. The number of ketones is 1. The van der Waals surface area contributed by atoms with Gasteiger partial charge in [-0.1, -0.05) is 23.7 Å². The second-order valence-electron chi connectivity index (χ2n) is 6.82. The van der Waals surface area contributed by atoms with Crippen LogP contribution in [-0.2, 0) is 11.3 Å². The summed E-state index contributed by atoms with van der Waals surface area (Å²) in [6.07, 6.45) is 4.62. The number of Topliss-reactive ketones (excluding diaryl/α,β-unsaturated/α-hetero) is 1. The Morgan fingerprint density at radius 2 is 2.00 bits per heavy atom. The average molecular weight is 436 g/mol. The molecule has 0 bridgehead atoms. The van der Waals surface area contributed by atoms with Crippen LogP contribution in [0.2, 0.25) is 5.02 Å². The van der Waals surface area contributed by atoms with E-state index in [1.54, 1.807) is 18.5 Å². The van der Waals surface area contributed by atoms with E-state index in [0.29, 0.717) is 11.3 Å². The first kappa shape index (κ1) is 20.4. The molecule has 2 heterocycles. The molecule has 4 rings (SSSR count). The van der Waals surface area contributed by atoms with Crippen LogP contribution in [0.15, 0.2) is 66.5 Å². The minimum absolute atomic E-state index is 0.119. The number of fused-ring (bicyclic) bond motifs is 1. The maximum absolute atomic E-state index is 13.4. The van der Waals surface area contributed by atoms with Gasteiger partial charge in [0.2, 0.25) is 5.78 Å². The summed E-state index contributed by atoms with van der Waals surface area (Å²) in [5.74, 6) is -2.10. The van der Waals surface area contributed by atoms with Crippen LogP contribution in [0.3, 0.4) is 0 Å². The highest BCUT2D eigenvalue weighted by Gasteiger charge is 2.29. The Bertz CT molecular complexity index is 1240. The summed E-state index contributed by atoms with van der Waals surface area (Å²) in [5, 5.41) is 5.28. The zero-order chi connectivity index (χ0) is 22.0. The van der Waals surface area contributed by atoms with Crippen molar-refractivity contribution in [2.45, 2.75) is 6.54 Å². The Morgan fingerprint density at radius 3 is 2.74 bits per heavy atom. The van der Waals surface area contributed by atoms with E-state index >= 15 is 0 Å². The Balaban J connectivity index is 1.59.